The van der Waals surface area contributed by atoms with Gasteiger partial charge in [0, 0.05) is 58.0 Å². The van der Waals surface area contributed by atoms with E-state index in [-0.39, 0.29) is 5.91 Å². The van der Waals surface area contributed by atoms with Crippen LogP contribution in [-0.2, 0) is 4.79 Å². The topological polar surface area (TPSA) is 98.2 Å². The molecule has 2 fully saturated rings. The quantitative estimate of drug-likeness (QED) is 0.842. The van der Waals surface area contributed by atoms with Gasteiger partial charge in [-0.3, -0.25) is 14.8 Å². The number of aromatic nitrogens is 4. The average Bonchev–Trinajstić information content (AvgIpc) is 2.87. The minimum atomic E-state index is -0.703. The first-order chi connectivity index (χ1) is 12.0. The number of H-pyrrole nitrogens is 1. The van der Waals surface area contributed by atoms with Gasteiger partial charge in [-0.1, -0.05) is 0 Å². The maximum Gasteiger partial charge on any atom is 0.219 e. The fourth-order valence-corrected chi connectivity index (χ4v) is 4.00. The molecule has 0 aliphatic carbocycles. The van der Waals surface area contributed by atoms with Crippen molar-refractivity contribution in [2.24, 2.45) is 0 Å². The Labute approximate surface area is 146 Å². The number of rotatable bonds is 3. The van der Waals surface area contributed by atoms with E-state index in [0.717, 1.165) is 43.7 Å². The second-order valence-corrected chi connectivity index (χ2v) is 7.34. The molecule has 2 aromatic rings. The van der Waals surface area contributed by atoms with Gasteiger partial charge in [0.2, 0.25) is 5.91 Å². The van der Waals surface area contributed by atoms with Gasteiger partial charge in [-0.05, 0) is 19.3 Å². The van der Waals surface area contributed by atoms with Crippen molar-refractivity contribution in [1.29, 1.82) is 0 Å². The smallest absolute Gasteiger partial charge is 0.219 e. The highest BCUT2D eigenvalue weighted by molar-refractivity contribution is 5.73. The van der Waals surface area contributed by atoms with E-state index >= 15 is 0 Å². The molecule has 2 aliphatic heterocycles. The number of amides is 1. The van der Waals surface area contributed by atoms with Crippen LogP contribution in [-0.4, -0.2) is 79.3 Å². The summed E-state index contributed by atoms with van der Waals surface area (Å²) in [6.07, 6.45) is 5.58. The Morgan fingerprint density at radius 3 is 2.92 bits per heavy atom. The highest BCUT2D eigenvalue weighted by Crippen LogP contribution is 2.32. The lowest BCUT2D eigenvalue weighted by Gasteiger charge is -2.43. The van der Waals surface area contributed by atoms with E-state index in [1.54, 1.807) is 19.3 Å². The number of β-amino-alcohol motifs (C(OH)–C–C–N with tert-alkyl or cyclic N) is 1. The van der Waals surface area contributed by atoms with Crippen molar-refractivity contribution >= 4 is 17.1 Å². The second kappa shape index (κ2) is 6.34. The standard InChI is InChI=1S/C17H24N6O2/c1-12(24)23-7-2-3-17(25,4-8-23)11-22-9-13(10-22)14-15-16(21-20-14)19-6-5-18-15/h5-6,13,25H,2-4,7-11H2,1H3,(H,19,20,21)/t17-/m0/s1. The minimum Gasteiger partial charge on any atom is -0.388 e. The molecule has 0 aromatic carbocycles. The molecule has 0 bridgehead atoms. The van der Waals surface area contributed by atoms with Crippen molar-refractivity contribution in [2.75, 3.05) is 32.7 Å². The van der Waals surface area contributed by atoms with Crippen LogP contribution in [0.2, 0.25) is 0 Å². The lowest BCUT2D eigenvalue weighted by atomic mass is 9.89. The van der Waals surface area contributed by atoms with Crippen LogP contribution in [0, 0.1) is 0 Å². The van der Waals surface area contributed by atoms with E-state index in [0.29, 0.717) is 31.1 Å². The number of carbonyl (C=O) groups excluding carboxylic acids is 1. The second-order valence-electron chi connectivity index (χ2n) is 7.34. The van der Waals surface area contributed by atoms with Crippen molar-refractivity contribution < 1.29 is 9.90 Å². The van der Waals surface area contributed by atoms with E-state index in [2.05, 4.69) is 25.1 Å². The van der Waals surface area contributed by atoms with Gasteiger partial charge in [-0.25, -0.2) is 9.97 Å². The zero-order valence-electron chi connectivity index (χ0n) is 14.5. The van der Waals surface area contributed by atoms with Gasteiger partial charge >= 0.3 is 0 Å². The minimum absolute atomic E-state index is 0.0977. The van der Waals surface area contributed by atoms with Gasteiger partial charge in [0.15, 0.2) is 5.65 Å². The summed E-state index contributed by atoms with van der Waals surface area (Å²) in [4.78, 5) is 24.2. The number of likely N-dealkylation sites (tertiary alicyclic amines) is 2. The number of aliphatic hydroxyl groups is 1. The van der Waals surface area contributed by atoms with Crippen molar-refractivity contribution in [2.45, 2.75) is 37.7 Å². The number of hydrogen-bond donors (Lipinski definition) is 2. The molecule has 134 valence electrons. The lowest BCUT2D eigenvalue weighted by Crippen LogP contribution is -2.53. The van der Waals surface area contributed by atoms with Crippen LogP contribution in [0.1, 0.15) is 37.8 Å². The highest BCUT2D eigenvalue weighted by atomic mass is 16.3. The third-order valence-corrected chi connectivity index (χ3v) is 5.46. The Hall–Kier alpha value is -2.06. The van der Waals surface area contributed by atoms with E-state index in [1.165, 1.54) is 0 Å². The maximum absolute atomic E-state index is 11.5. The Morgan fingerprint density at radius 1 is 1.32 bits per heavy atom. The van der Waals surface area contributed by atoms with E-state index in [9.17, 15) is 9.90 Å². The first-order valence-electron chi connectivity index (χ1n) is 8.89. The van der Waals surface area contributed by atoms with Crippen molar-refractivity contribution in [3.05, 3.63) is 18.1 Å². The Balaban J connectivity index is 1.35. The predicted octanol–water partition coefficient (Wildman–Crippen LogP) is 0.516. The number of aromatic amines is 1. The van der Waals surface area contributed by atoms with Crippen molar-refractivity contribution in [3.63, 3.8) is 0 Å². The molecule has 0 saturated carbocycles. The van der Waals surface area contributed by atoms with E-state index in [4.69, 9.17) is 0 Å². The molecule has 25 heavy (non-hydrogen) atoms. The summed E-state index contributed by atoms with van der Waals surface area (Å²) in [5.41, 5.74) is 1.83. The highest BCUT2D eigenvalue weighted by Gasteiger charge is 2.38. The SMILES string of the molecule is CC(=O)N1CCC[C@@](O)(CN2CC(c3[nH]nc4nccnc34)C2)CC1. The van der Waals surface area contributed by atoms with Crippen LogP contribution >= 0.6 is 0 Å². The Morgan fingerprint density at radius 2 is 2.12 bits per heavy atom. The number of fused-ring (bicyclic) bond motifs is 1. The number of carbonyl (C=O) groups is 1. The molecule has 4 heterocycles. The summed E-state index contributed by atoms with van der Waals surface area (Å²) in [5, 5.41) is 18.2. The lowest BCUT2D eigenvalue weighted by molar-refractivity contribution is -0.129. The summed E-state index contributed by atoms with van der Waals surface area (Å²) in [5.74, 6) is 0.449. The largest absolute Gasteiger partial charge is 0.388 e. The molecule has 1 atom stereocenters. The summed E-state index contributed by atoms with van der Waals surface area (Å²) in [6.45, 7) is 5.41. The van der Waals surface area contributed by atoms with Gasteiger partial charge < -0.3 is 10.0 Å². The summed E-state index contributed by atoms with van der Waals surface area (Å²) in [7, 11) is 0. The average molecular weight is 344 g/mol. The van der Waals surface area contributed by atoms with Crippen LogP contribution in [0.3, 0.4) is 0 Å². The Kier molecular flexibility index (Phi) is 4.16. The molecule has 0 unspecified atom stereocenters. The number of hydrogen-bond acceptors (Lipinski definition) is 6. The Bertz CT molecular complexity index is 771. The molecule has 8 nitrogen and oxygen atoms in total. The van der Waals surface area contributed by atoms with E-state index < -0.39 is 5.60 Å². The number of nitrogens with zero attached hydrogens (tertiary/aromatic N) is 5. The molecular formula is C17H24N6O2. The fraction of sp³-hybridized carbons (Fsp3) is 0.647. The van der Waals surface area contributed by atoms with Gasteiger partial charge in [-0.15, -0.1) is 0 Å². The molecular weight excluding hydrogens is 320 g/mol. The molecule has 8 heteroatoms. The molecule has 2 aliphatic rings. The normalized spacial score (nSPS) is 25.8. The number of nitrogens with one attached hydrogen (secondary N) is 1. The van der Waals surface area contributed by atoms with Crippen LogP contribution in [0.15, 0.2) is 12.4 Å². The molecule has 2 N–H and O–H groups in total. The monoisotopic (exact) mass is 344 g/mol. The van der Waals surface area contributed by atoms with Crippen molar-refractivity contribution in [3.8, 4) is 0 Å². The summed E-state index contributed by atoms with van der Waals surface area (Å²) in [6, 6.07) is 0. The zero-order chi connectivity index (χ0) is 17.4. The summed E-state index contributed by atoms with van der Waals surface area (Å²) >= 11 is 0. The van der Waals surface area contributed by atoms with Gasteiger partial charge in [0.25, 0.3) is 0 Å². The first-order valence-corrected chi connectivity index (χ1v) is 8.89. The molecule has 0 spiro atoms. The molecule has 2 saturated heterocycles. The predicted molar refractivity (Wildman–Crippen MR) is 91.9 cm³/mol. The van der Waals surface area contributed by atoms with Crippen LogP contribution < -0.4 is 0 Å². The zero-order valence-corrected chi connectivity index (χ0v) is 14.5. The molecule has 2 aromatic heterocycles. The van der Waals surface area contributed by atoms with Crippen LogP contribution in [0.4, 0.5) is 0 Å². The third kappa shape index (κ3) is 3.23. The van der Waals surface area contributed by atoms with Gasteiger partial charge in [0.05, 0.1) is 11.3 Å². The fourth-order valence-electron chi connectivity index (χ4n) is 4.00. The third-order valence-electron chi connectivity index (χ3n) is 5.46. The van der Waals surface area contributed by atoms with Gasteiger partial charge in [-0.2, -0.15) is 5.10 Å². The molecule has 4 rings (SSSR count). The molecule has 1 amide bonds. The first kappa shape index (κ1) is 16.4. The summed E-state index contributed by atoms with van der Waals surface area (Å²) < 4.78 is 0. The maximum atomic E-state index is 11.5. The van der Waals surface area contributed by atoms with Gasteiger partial charge in [0.1, 0.15) is 5.52 Å². The van der Waals surface area contributed by atoms with E-state index in [1.807, 2.05) is 4.90 Å². The van der Waals surface area contributed by atoms with Crippen LogP contribution in [0.5, 0.6) is 0 Å². The molecule has 0 radical (unpaired) electrons. The van der Waals surface area contributed by atoms with Crippen molar-refractivity contribution in [1.82, 2.24) is 30.0 Å². The van der Waals surface area contributed by atoms with Crippen LogP contribution in [0.25, 0.3) is 11.2 Å².